The maximum absolute atomic E-state index is 13.7. The molecule has 0 amide bonds. The van der Waals surface area contributed by atoms with Crippen LogP contribution in [0.25, 0.3) is 0 Å². The number of carbonyl (C=O) groups excluding carboxylic acids is 1. The highest BCUT2D eigenvalue weighted by molar-refractivity contribution is 7.71. The number of aliphatic hydroxyl groups excluding tert-OH is 2. The SMILES string of the molecule is CC(C)OC(=O)[C@H](C)NP(=O)(OC[C@@]1(C)O[C@@H](n2ccc(=O)[nH]c2=S)[C@@H](O)[C@H]1O)Oc1ccccc1. The number of aromatic amines is 1. The summed E-state index contributed by atoms with van der Waals surface area (Å²) in [5, 5.41) is 23.9. The summed E-state index contributed by atoms with van der Waals surface area (Å²) in [7, 11) is -4.24. The van der Waals surface area contributed by atoms with E-state index >= 15 is 0 Å². The van der Waals surface area contributed by atoms with Crippen molar-refractivity contribution in [2.24, 2.45) is 0 Å². The number of hydrogen-bond donors (Lipinski definition) is 4. The number of aliphatic hydroxyl groups is 2. The van der Waals surface area contributed by atoms with Crippen molar-refractivity contribution >= 4 is 25.9 Å². The van der Waals surface area contributed by atoms with E-state index in [4.69, 9.17) is 30.7 Å². The van der Waals surface area contributed by atoms with Crippen LogP contribution in [0, 0.1) is 4.77 Å². The van der Waals surface area contributed by atoms with Crippen molar-refractivity contribution in [3.8, 4) is 5.75 Å². The molecule has 4 N–H and O–H groups in total. The van der Waals surface area contributed by atoms with Crippen LogP contribution in [-0.2, 0) is 23.4 Å². The van der Waals surface area contributed by atoms with Gasteiger partial charge in [-0.15, -0.1) is 0 Å². The molecule has 1 aromatic carbocycles. The van der Waals surface area contributed by atoms with E-state index in [0.717, 1.165) is 0 Å². The number of nitrogens with one attached hydrogen (secondary N) is 2. The topological polar surface area (TPSA) is 161 Å². The minimum absolute atomic E-state index is 0.0267. The zero-order valence-electron chi connectivity index (χ0n) is 20.2. The predicted octanol–water partition coefficient (Wildman–Crippen LogP) is 2.05. The summed E-state index contributed by atoms with van der Waals surface area (Å²) in [6.07, 6.45) is -3.19. The number of hydrogen-bond acceptors (Lipinski definition) is 10. The Morgan fingerprint density at radius 2 is 1.94 bits per heavy atom. The van der Waals surface area contributed by atoms with E-state index in [-0.39, 0.29) is 10.5 Å². The highest BCUT2D eigenvalue weighted by Gasteiger charge is 2.53. The van der Waals surface area contributed by atoms with E-state index in [1.807, 2.05) is 0 Å². The molecule has 3 rings (SSSR count). The van der Waals surface area contributed by atoms with Crippen LogP contribution in [0.3, 0.4) is 0 Å². The second kappa shape index (κ2) is 11.3. The van der Waals surface area contributed by atoms with Crippen molar-refractivity contribution < 1.29 is 38.1 Å². The van der Waals surface area contributed by atoms with E-state index < -0.39 is 62.1 Å². The summed E-state index contributed by atoms with van der Waals surface area (Å²) in [6, 6.07) is 8.29. The Balaban J connectivity index is 1.81. The molecule has 0 radical (unpaired) electrons. The third-order valence-corrected chi connectivity index (χ3v) is 7.24. The largest absolute Gasteiger partial charge is 0.462 e. The Bertz CT molecular complexity index is 1220. The zero-order chi connectivity index (χ0) is 26.7. The number of nitrogens with zero attached hydrogens (tertiary/aromatic N) is 1. The van der Waals surface area contributed by atoms with Crippen molar-refractivity contribution in [3.05, 3.63) is 57.7 Å². The van der Waals surface area contributed by atoms with Gasteiger partial charge in [0.05, 0.1) is 12.7 Å². The van der Waals surface area contributed by atoms with Crippen LogP contribution >= 0.6 is 20.0 Å². The van der Waals surface area contributed by atoms with Crippen LogP contribution in [0.15, 0.2) is 47.4 Å². The van der Waals surface area contributed by atoms with Gasteiger partial charge in [0, 0.05) is 12.3 Å². The lowest BCUT2D eigenvalue weighted by Crippen LogP contribution is -2.45. The highest BCUT2D eigenvalue weighted by Crippen LogP contribution is 2.47. The monoisotopic (exact) mass is 543 g/mol. The summed E-state index contributed by atoms with van der Waals surface area (Å²) in [6.45, 7) is 5.73. The Morgan fingerprint density at radius 1 is 1.28 bits per heavy atom. The summed E-state index contributed by atoms with van der Waals surface area (Å²) in [5.41, 5.74) is -2.01. The molecule has 0 aliphatic carbocycles. The minimum Gasteiger partial charge on any atom is -0.462 e. The molecule has 1 saturated heterocycles. The fraction of sp³-hybridized carbons (Fsp3) is 0.500. The number of esters is 1. The van der Waals surface area contributed by atoms with Crippen molar-refractivity contribution in [2.45, 2.75) is 63.9 Å². The molecule has 2 heterocycles. The number of aromatic nitrogens is 2. The van der Waals surface area contributed by atoms with E-state index in [1.165, 1.54) is 30.7 Å². The first kappa shape index (κ1) is 28.2. The number of H-pyrrole nitrogens is 1. The van der Waals surface area contributed by atoms with Crippen molar-refractivity contribution in [2.75, 3.05) is 6.61 Å². The van der Waals surface area contributed by atoms with Gasteiger partial charge in [0.15, 0.2) is 11.0 Å². The number of para-hydroxylation sites is 1. The second-order valence-electron chi connectivity index (χ2n) is 8.79. The van der Waals surface area contributed by atoms with Gasteiger partial charge in [-0.1, -0.05) is 18.2 Å². The van der Waals surface area contributed by atoms with Gasteiger partial charge in [-0.3, -0.25) is 23.7 Å². The normalized spacial score (nSPS) is 26.4. The second-order valence-corrected chi connectivity index (χ2v) is 10.9. The van der Waals surface area contributed by atoms with Crippen molar-refractivity contribution in [1.29, 1.82) is 0 Å². The summed E-state index contributed by atoms with van der Waals surface area (Å²) in [5.74, 6) is -0.468. The first-order valence-electron chi connectivity index (χ1n) is 11.2. The zero-order valence-corrected chi connectivity index (χ0v) is 21.9. The Labute approximate surface area is 212 Å². The lowest BCUT2D eigenvalue weighted by atomic mass is 9.99. The third kappa shape index (κ3) is 6.68. The molecule has 6 atom stereocenters. The Kier molecular flexibility index (Phi) is 8.88. The molecule has 14 heteroatoms. The molecule has 1 aromatic heterocycles. The lowest BCUT2D eigenvalue weighted by Gasteiger charge is -2.30. The van der Waals surface area contributed by atoms with E-state index in [0.29, 0.717) is 0 Å². The smallest absolute Gasteiger partial charge is 0.459 e. The van der Waals surface area contributed by atoms with Gasteiger partial charge in [0.25, 0.3) is 5.56 Å². The number of carbonyl (C=O) groups is 1. The molecule has 0 saturated carbocycles. The van der Waals surface area contributed by atoms with Gasteiger partial charge >= 0.3 is 13.7 Å². The maximum atomic E-state index is 13.7. The van der Waals surface area contributed by atoms with Gasteiger partial charge in [-0.25, -0.2) is 4.57 Å². The van der Waals surface area contributed by atoms with Crippen LogP contribution in [0.4, 0.5) is 0 Å². The van der Waals surface area contributed by atoms with E-state index in [9.17, 15) is 24.4 Å². The number of benzene rings is 1. The summed E-state index contributed by atoms with van der Waals surface area (Å²) in [4.78, 5) is 26.2. The summed E-state index contributed by atoms with van der Waals surface area (Å²) < 4.78 is 37.2. The first-order valence-corrected chi connectivity index (χ1v) is 13.1. The molecule has 1 fully saturated rings. The molecular formula is C22H30N3O9PS. The van der Waals surface area contributed by atoms with Crippen LogP contribution in [-0.4, -0.2) is 62.3 Å². The van der Waals surface area contributed by atoms with Gasteiger partial charge in [0.1, 0.15) is 29.6 Å². The van der Waals surface area contributed by atoms with Crippen molar-refractivity contribution in [1.82, 2.24) is 14.6 Å². The Morgan fingerprint density at radius 3 is 2.56 bits per heavy atom. The van der Waals surface area contributed by atoms with E-state index in [1.54, 1.807) is 44.2 Å². The van der Waals surface area contributed by atoms with E-state index in [2.05, 4.69) is 10.1 Å². The molecular weight excluding hydrogens is 513 g/mol. The van der Waals surface area contributed by atoms with Gasteiger partial charge in [-0.2, -0.15) is 5.09 Å². The molecule has 1 aliphatic heterocycles. The molecule has 198 valence electrons. The fourth-order valence-electron chi connectivity index (χ4n) is 3.45. The van der Waals surface area contributed by atoms with Crippen molar-refractivity contribution in [3.63, 3.8) is 0 Å². The molecule has 1 unspecified atom stereocenters. The van der Waals surface area contributed by atoms with Gasteiger partial charge < -0.3 is 24.2 Å². The molecule has 0 spiro atoms. The van der Waals surface area contributed by atoms with Gasteiger partial charge in [0.2, 0.25) is 0 Å². The van der Waals surface area contributed by atoms with Crippen LogP contribution in [0.1, 0.15) is 33.9 Å². The fourth-order valence-corrected chi connectivity index (χ4v) is 5.30. The molecule has 12 nitrogen and oxygen atoms in total. The quantitative estimate of drug-likeness (QED) is 0.197. The van der Waals surface area contributed by atoms with Crippen LogP contribution < -0.4 is 15.2 Å². The van der Waals surface area contributed by atoms with Crippen LogP contribution in [0.5, 0.6) is 5.75 Å². The summed E-state index contributed by atoms with van der Waals surface area (Å²) >= 11 is 5.13. The maximum Gasteiger partial charge on any atom is 0.459 e. The third-order valence-electron chi connectivity index (χ3n) is 5.30. The van der Waals surface area contributed by atoms with Crippen LogP contribution in [0.2, 0.25) is 0 Å². The van der Waals surface area contributed by atoms with Gasteiger partial charge in [-0.05, 0) is 52.0 Å². The standard InChI is InChI=1S/C22H30N3O9PS/c1-13(2)32-20(29)14(3)24-35(30,34-15-8-6-5-7-9-15)31-12-22(4)18(28)17(27)19(33-22)25-11-10-16(26)23-21(25)36/h5-11,13-14,17-19,27-28H,12H2,1-4H3,(H,24,30)(H,23,26,36)/t14-,17-,18+,19+,22+,35?/m0/s1. The first-order chi connectivity index (χ1) is 16.8. The molecule has 1 aliphatic rings. The number of rotatable bonds is 10. The minimum atomic E-state index is -4.24. The number of ether oxygens (including phenoxy) is 2. The molecule has 36 heavy (non-hydrogen) atoms. The Hall–Kier alpha value is -2.38. The molecule has 2 aromatic rings. The highest BCUT2D eigenvalue weighted by atomic mass is 32.1. The predicted molar refractivity (Wildman–Crippen MR) is 131 cm³/mol. The average Bonchev–Trinajstić information content (AvgIpc) is 3.02. The lowest BCUT2D eigenvalue weighted by molar-refractivity contribution is -0.149. The molecule has 0 bridgehead atoms. The average molecular weight is 544 g/mol.